The van der Waals surface area contributed by atoms with Gasteiger partial charge < -0.3 is 9.64 Å². The number of nitrogens with zero attached hydrogens (tertiary/aromatic N) is 2. The maximum Gasteiger partial charge on any atom is 0.310 e. The molecule has 110 valence electrons. The summed E-state index contributed by atoms with van der Waals surface area (Å²) >= 11 is 0. The Balaban J connectivity index is 1.72. The molecular weight excluding hydrogens is 240 g/mol. The summed E-state index contributed by atoms with van der Waals surface area (Å²) in [7, 11) is 2.19. The molecule has 0 aromatic rings. The van der Waals surface area contributed by atoms with Crippen LogP contribution in [0.1, 0.15) is 39.0 Å². The molecule has 1 unspecified atom stereocenters. The van der Waals surface area contributed by atoms with Crippen LogP contribution in [0.25, 0.3) is 0 Å². The fraction of sp³-hybridized carbons (Fsp3) is 0.933. The summed E-state index contributed by atoms with van der Waals surface area (Å²) in [6.45, 7) is 7.08. The molecule has 2 aliphatic rings. The second-order valence-electron chi connectivity index (χ2n) is 6.04. The molecule has 2 aliphatic heterocycles. The highest BCUT2D eigenvalue weighted by molar-refractivity contribution is 5.73. The Labute approximate surface area is 117 Å². The normalized spacial score (nSPS) is 26.7. The lowest BCUT2D eigenvalue weighted by Gasteiger charge is -2.35. The van der Waals surface area contributed by atoms with Crippen molar-refractivity contribution in [1.82, 2.24) is 9.80 Å². The third-order valence-electron chi connectivity index (χ3n) is 4.50. The van der Waals surface area contributed by atoms with Gasteiger partial charge in [0.2, 0.25) is 0 Å². The van der Waals surface area contributed by atoms with Crippen LogP contribution in [0.15, 0.2) is 0 Å². The SMILES string of the molecule is CCCCOC(=O)C1CCN(C2CCN(C)CC2)C1. The van der Waals surface area contributed by atoms with E-state index in [2.05, 4.69) is 23.8 Å². The van der Waals surface area contributed by atoms with E-state index in [-0.39, 0.29) is 11.9 Å². The Morgan fingerprint density at radius 3 is 2.63 bits per heavy atom. The number of likely N-dealkylation sites (tertiary alicyclic amines) is 2. The van der Waals surface area contributed by atoms with Gasteiger partial charge in [-0.25, -0.2) is 0 Å². The molecular formula is C15H28N2O2. The number of carbonyl (C=O) groups excluding carboxylic acids is 1. The topological polar surface area (TPSA) is 32.8 Å². The largest absolute Gasteiger partial charge is 0.465 e. The van der Waals surface area contributed by atoms with Gasteiger partial charge in [-0.05, 0) is 52.4 Å². The van der Waals surface area contributed by atoms with E-state index in [0.717, 1.165) is 32.4 Å². The summed E-state index contributed by atoms with van der Waals surface area (Å²) < 4.78 is 5.35. The number of ether oxygens (including phenoxy) is 1. The Bertz CT molecular complexity index is 288. The van der Waals surface area contributed by atoms with Gasteiger partial charge in [-0.1, -0.05) is 13.3 Å². The zero-order valence-corrected chi connectivity index (χ0v) is 12.4. The summed E-state index contributed by atoms with van der Waals surface area (Å²) in [6.07, 6.45) is 5.54. The molecule has 0 bridgehead atoms. The molecule has 2 fully saturated rings. The average Bonchev–Trinajstić information content (AvgIpc) is 2.89. The molecule has 0 N–H and O–H groups in total. The fourth-order valence-corrected chi connectivity index (χ4v) is 3.11. The van der Waals surface area contributed by atoms with Gasteiger partial charge >= 0.3 is 5.97 Å². The first kappa shape index (κ1) is 14.8. The first-order valence-corrected chi connectivity index (χ1v) is 7.80. The van der Waals surface area contributed by atoms with Gasteiger partial charge in [-0.15, -0.1) is 0 Å². The highest BCUT2D eigenvalue weighted by atomic mass is 16.5. The van der Waals surface area contributed by atoms with Crippen molar-refractivity contribution >= 4 is 5.97 Å². The standard InChI is InChI=1S/C15H28N2O2/c1-3-4-11-19-15(18)13-5-10-17(12-13)14-6-8-16(2)9-7-14/h13-14H,3-12H2,1-2H3. The second-order valence-corrected chi connectivity index (χ2v) is 6.04. The first-order valence-electron chi connectivity index (χ1n) is 7.80. The van der Waals surface area contributed by atoms with Crippen LogP contribution in [-0.4, -0.2) is 61.6 Å². The molecule has 4 heteroatoms. The lowest BCUT2D eigenvalue weighted by molar-refractivity contribution is -0.148. The highest BCUT2D eigenvalue weighted by Gasteiger charge is 2.34. The predicted octanol–water partition coefficient (Wildman–Crippen LogP) is 1.75. The molecule has 0 spiro atoms. The molecule has 0 aromatic carbocycles. The monoisotopic (exact) mass is 268 g/mol. The summed E-state index contributed by atoms with van der Waals surface area (Å²) in [6, 6.07) is 0.685. The van der Waals surface area contributed by atoms with Crippen molar-refractivity contribution in [2.45, 2.75) is 45.1 Å². The molecule has 4 nitrogen and oxygen atoms in total. The maximum atomic E-state index is 11.9. The van der Waals surface area contributed by atoms with E-state index in [1.54, 1.807) is 0 Å². The van der Waals surface area contributed by atoms with Gasteiger partial charge in [-0.3, -0.25) is 9.69 Å². The van der Waals surface area contributed by atoms with Crippen molar-refractivity contribution in [3.05, 3.63) is 0 Å². The van der Waals surface area contributed by atoms with Crippen LogP contribution < -0.4 is 0 Å². The Kier molecular flexibility index (Phi) is 5.64. The number of hydrogen-bond donors (Lipinski definition) is 0. The van der Waals surface area contributed by atoms with Gasteiger partial charge in [0.1, 0.15) is 0 Å². The molecule has 19 heavy (non-hydrogen) atoms. The predicted molar refractivity (Wildman–Crippen MR) is 76.1 cm³/mol. The van der Waals surface area contributed by atoms with Crippen LogP contribution in [0.4, 0.5) is 0 Å². The van der Waals surface area contributed by atoms with Gasteiger partial charge in [0.25, 0.3) is 0 Å². The number of unbranched alkanes of at least 4 members (excludes halogenated alkanes) is 1. The smallest absolute Gasteiger partial charge is 0.310 e. The molecule has 0 saturated carbocycles. The van der Waals surface area contributed by atoms with Gasteiger partial charge in [-0.2, -0.15) is 0 Å². The third-order valence-corrected chi connectivity index (χ3v) is 4.50. The number of rotatable bonds is 5. The van der Waals surface area contributed by atoms with Crippen molar-refractivity contribution < 1.29 is 9.53 Å². The zero-order valence-electron chi connectivity index (χ0n) is 12.4. The van der Waals surface area contributed by atoms with Crippen LogP contribution in [0.5, 0.6) is 0 Å². The number of hydrogen-bond acceptors (Lipinski definition) is 4. The maximum absolute atomic E-state index is 11.9. The highest BCUT2D eigenvalue weighted by Crippen LogP contribution is 2.24. The average molecular weight is 268 g/mol. The quantitative estimate of drug-likeness (QED) is 0.562. The second kappa shape index (κ2) is 7.25. The Hall–Kier alpha value is -0.610. The van der Waals surface area contributed by atoms with E-state index >= 15 is 0 Å². The van der Waals surface area contributed by atoms with Gasteiger partial charge in [0.15, 0.2) is 0 Å². The summed E-state index contributed by atoms with van der Waals surface area (Å²) in [5, 5.41) is 0. The minimum Gasteiger partial charge on any atom is -0.465 e. The van der Waals surface area contributed by atoms with Crippen LogP contribution in [0, 0.1) is 5.92 Å². The molecule has 2 heterocycles. The minimum absolute atomic E-state index is 0.0314. The van der Waals surface area contributed by atoms with E-state index in [1.165, 1.54) is 25.9 Å². The summed E-state index contributed by atoms with van der Waals surface area (Å²) in [4.78, 5) is 16.8. The number of piperidine rings is 1. The first-order chi connectivity index (χ1) is 9.20. The van der Waals surface area contributed by atoms with E-state index in [4.69, 9.17) is 4.74 Å². The minimum atomic E-state index is 0.0314. The molecule has 1 atom stereocenters. The zero-order chi connectivity index (χ0) is 13.7. The number of esters is 1. The molecule has 2 saturated heterocycles. The van der Waals surface area contributed by atoms with E-state index in [9.17, 15) is 4.79 Å². The van der Waals surface area contributed by atoms with Gasteiger partial charge in [0.05, 0.1) is 12.5 Å². The summed E-state index contributed by atoms with van der Waals surface area (Å²) in [5.74, 6) is 0.153. The number of carbonyl (C=O) groups is 1. The Morgan fingerprint density at radius 2 is 1.95 bits per heavy atom. The van der Waals surface area contributed by atoms with Crippen LogP contribution >= 0.6 is 0 Å². The molecule has 0 radical (unpaired) electrons. The van der Waals surface area contributed by atoms with Crippen molar-refractivity contribution in [2.75, 3.05) is 39.8 Å². The van der Waals surface area contributed by atoms with E-state index in [1.807, 2.05) is 0 Å². The van der Waals surface area contributed by atoms with Crippen LogP contribution in [0.2, 0.25) is 0 Å². The van der Waals surface area contributed by atoms with Crippen molar-refractivity contribution in [3.8, 4) is 0 Å². The molecule has 0 amide bonds. The van der Waals surface area contributed by atoms with Crippen LogP contribution in [0.3, 0.4) is 0 Å². The van der Waals surface area contributed by atoms with E-state index < -0.39 is 0 Å². The Morgan fingerprint density at radius 1 is 1.21 bits per heavy atom. The fourth-order valence-electron chi connectivity index (χ4n) is 3.11. The van der Waals surface area contributed by atoms with Crippen molar-refractivity contribution in [3.63, 3.8) is 0 Å². The van der Waals surface area contributed by atoms with E-state index in [0.29, 0.717) is 12.6 Å². The van der Waals surface area contributed by atoms with Crippen molar-refractivity contribution in [1.29, 1.82) is 0 Å². The molecule has 0 aromatic heterocycles. The summed E-state index contributed by atoms with van der Waals surface area (Å²) in [5.41, 5.74) is 0. The third kappa shape index (κ3) is 4.18. The lowest BCUT2D eigenvalue weighted by Crippen LogP contribution is -2.43. The van der Waals surface area contributed by atoms with Crippen LogP contribution in [-0.2, 0) is 9.53 Å². The lowest BCUT2D eigenvalue weighted by atomic mass is 10.0. The molecule has 0 aliphatic carbocycles. The molecule has 2 rings (SSSR count). The van der Waals surface area contributed by atoms with Crippen molar-refractivity contribution in [2.24, 2.45) is 5.92 Å². The van der Waals surface area contributed by atoms with Gasteiger partial charge in [0, 0.05) is 12.6 Å².